The van der Waals surface area contributed by atoms with Crippen LogP contribution >= 0.6 is 0 Å². The van der Waals surface area contributed by atoms with Crippen molar-refractivity contribution in [2.24, 2.45) is 0 Å². The summed E-state index contributed by atoms with van der Waals surface area (Å²) in [5, 5.41) is 3.09. The van der Waals surface area contributed by atoms with Crippen LogP contribution in [0, 0.1) is 0 Å². The summed E-state index contributed by atoms with van der Waals surface area (Å²) >= 11 is 0. The summed E-state index contributed by atoms with van der Waals surface area (Å²) in [5.74, 6) is 0.305. The summed E-state index contributed by atoms with van der Waals surface area (Å²) in [6, 6.07) is 61.9. The molecule has 1 aliphatic rings. The molecule has 0 bridgehead atoms. The van der Waals surface area contributed by atoms with Gasteiger partial charge < -0.3 is 4.57 Å². The second-order valence-corrected chi connectivity index (χ2v) is 13.2. The van der Waals surface area contributed by atoms with Gasteiger partial charge in [-0.15, -0.1) is 0 Å². The van der Waals surface area contributed by atoms with E-state index in [0.29, 0.717) is 11.4 Å². The molecule has 236 valence electrons. The van der Waals surface area contributed by atoms with Gasteiger partial charge >= 0.3 is 0 Å². The van der Waals surface area contributed by atoms with Gasteiger partial charge in [0.15, 0.2) is 0 Å². The van der Waals surface area contributed by atoms with Crippen LogP contribution in [0.15, 0.2) is 181 Å². The van der Waals surface area contributed by atoms with Crippen LogP contribution in [-0.4, -0.2) is 9.13 Å². The Balaban J connectivity index is 1.25. The van der Waals surface area contributed by atoms with Gasteiger partial charge in [0.1, 0.15) is 5.52 Å². The summed E-state index contributed by atoms with van der Waals surface area (Å²) in [6.45, 7) is 0. The zero-order valence-electron chi connectivity index (χ0n) is 27.3. The first kappa shape index (κ1) is 28.6. The number of para-hydroxylation sites is 3. The lowest BCUT2D eigenvalue weighted by Crippen LogP contribution is -2.21. The van der Waals surface area contributed by atoms with E-state index in [4.69, 9.17) is 0 Å². The van der Waals surface area contributed by atoms with Gasteiger partial charge in [-0.1, -0.05) is 127 Å². The molecule has 50 heavy (non-hydrogen) atoms. The lowest BCUT2D eigenvalue weighted by atomic mass is 9.75. The highest BCUT2D eigenvalue weighted by atomic mass is 16.1. The predicted molar refractivity (Wildman–Crippen MR) is 207 cm³/mol. The third kappa shape index (κ3) is 4.33. The lowest BCUT2D eigenvalue weighted by molar-refractivity contribution is 0.794. The Morgan fingerprint density at radius 3 is 1.86 bits per heavy atom. The number of rotatable bonds is 4. The highest BCUT2D eigenvalue weighted by Crippen LogP contribution is 2.45. The quantitative estimate of drug-likeness (QED) is 0.188. The normalized spacial score (nSPS) is 13.8. The van der Waals surface area contributed by atoms with E-state index in [1.165, 1.54) is 27.8 Å². The number of hydrogen-bond donors (Lipinski definition) is 0. The summed E-state index contributed by atoms with van der Waals surface area (Å²) in [4.78, 5) is 14.8. The lowest BCUT2D eigenvalue weighted by Gasteiger charge is -2.29. The number of aromatic nitrogens is 2. The van der Waals surface area contributed by atoms with Crippen molar-refractivity contribution in [3.8, 4) is 33.6 Å². The third-order valence-electron chi connectivity index (χ3n) is 10.5. The molecule has 0 N–H and O–H groups in total. The van der Waals surface area contributed by atoms with E-state index in [1.807, 2.05) is 59.2 Å². The molecular weight excluding hydrogens is 609 g/mol. The molecule has 9 aromatic rings. The zero-order valence-corrected chi connectivity index (χ0v) is 27.3. The van der Waals surface area contributed by atoms with Crippen LogP contribution in [0.3, 0.4) is 0 Å². The van der Waals surface area contributed by atoms with Crippen molar-refractivity contribution in [1.29, 1.82) is 0 Å². The second kappa shape index (κ2) is 11.3. The van der Waals surface area contributed by atoms with Crippen LogP contribution in [0.5, 0.6) is 0 Å². The molecule has 1 unspecified atom stereocenters. The molecule has 1 atom stereocenters. The molecule has 10 rings (SSSR count). The Morgan fingerprint density at radius 1 is 0.480 bits per heavy atom. The fraction of sp³-hybridized carbons (Fsp3) is 0.0426. The van der Waals surface area contributed by atoms with Gasteiger partial charge in [-0.2, -0.15) is 0 Å². The van der Waals surface area contributed by atoms with Crippen molar-refractivity contribution in [3.05, 3.63) is 203 Å². The largest absolute Gasteiger partial charge is 0.304 e. The van der Waals surface area contributed by atoms with E-state index in [0.717, 1.165) is 56.1 Å². The number of pyridine rings is 1. The molecule has 0 radical (unpaired) electrons. The van der Waals surface area contributed by atoms with Gasteiger partial charge in [0.05, 0.1) is 11.0 Å². The van der Waals surface area contributed by atoms with E-state index in [1.54, 1.807) is 0 Å². The molecule has 0 saturated carbocycles. The Bertz CT molecular complexity index is 2790. The van der Waals surface area contributed by atoms with Crippen LogP contribution in [0.2, 0.25) is 0 Å². The topological polar surface area (TPSA) is 26.9 Å². The first-order valence-corrected chi connectivity index (χ1v) is 17.2. The monoisotopic (exact) mass is 640 g/mol. The molecule has 0 saturated heterocycles. The zero-order chi connectivity index (χ0) is 33.2. The molecule has 2 heterocycles. The van der Waals surface area contributed by atoms with Crippen LogP contribution in [-0.2, 0) is 6.42 Å². The Kier molecular flexibility index (Phi) is 6.47. The van der Waals surface area contributed by atoms with Crippen molar-refractivity contribution >= 4 is 32.7 Å². The van der Waals surface area contributed by atoms with Crippen molar-refractivity contribution in [3.63, 3.8) is 0 Å². The smallest absolute Gasteiger partial charge is 0.280 e. The van der Waals surface area contributed by atoms with Gasteiger partial charge in [-0.05, 0) is 93.9 Å². The fourth-order valence-corrected chi connectivity index (χ4v) is 8.27. The average molecular weight is 641 g/mol. The molecule has 1 aliphatic carbocycles. The Hall–Kier alpha value is -6.45. The molecule has 0 spiro atoms. The predicted octanol–water partition coefficient (Wildman–Crippen LogP) is 11.1. The molecule has 0 aliphatic heterocycles. The summed E-state index contributed by atoms with van der Waals surface area (Å²) in [5.41, 5.74) is 13.3. The van der Waals surface area contributed by atoms with Gasteiger partial charge in [-0.25, -0.2) is 0 Å². The minimum absolute atomic E-state index is 0.0381. The maximum atomic E-state index is 14.8. The molecule has 2 aromatic heterocycles. The highest BCUT2D eigenvalue weighted by molar-refractivity contribution is 6.21. The Labute approximate surface area is 289 Å². The molecule has 0 amide bonds. The molecule has 3 heteroatoms. The van der Waals surface area contributed by atoms with Crippen molar-refractivity contribution in [2.75, 3.05) is 0 Å². The van der Waals surface area contributed by atoms with Crippen molar-refractivity contribution in [1.82, 2.24) is 9.13 Å². The number of nitrogens with zero attached hydrogens (tertiary/aromatic N) is 2. The Morgan fingerprint density at radius 2 is 1.08 bits per heavy atom. The minimum Gasteiger partial charge on any atom is -0.304 e. The SMILES string of the molecule is O=c1c2c(c3ccccc3n1-c1ccccc1)c1cc(-c3ccc4c(c3)-c3ccccc3CC4c3ccccc3)ccc1n2-c1ccccc1. The van der Waals surface area contributed by atoms with Crippen LogP contribution in [0.25, 0.3) is 66.3 Å². The minimum atomic E-state index is -0.0381. The summed E-state index contributed by atoms with van der Waals surface area (Å²) in [6.07, 6.45) is 0.991. The van der Waals surface area contributed by atoms with Crippen LogP contribution in [0.4, 0.5) is 0 Å². The van der Waals surface area contributed by atoms with Gasteiger partial charge in [-0.3, -0.25) is 9.36 Å². The van der Waals surface area contributed by atoms with E-state index < -0.39 is 0 Å². The van der Waals surface area contributed by atoms with Crippen molar-refractivity contribution < 1.29 is 0 Å². The average Bonchev–Trinajstić information content (AvgIpc) is 3.54. The van der Waals surface area contributed by atoms with Crippen LogP contribution in [0.1, 0.15) is 22.6 Å². The number of fused-ring (bicyclic) bond motifs is 8. The van der Waals surface area contributed by atoms with Gasteiger partial charge in [0, 0.05) is 33.5 Å². The van der Waals surface area contributed by atoms with Gasteiger partial charge in [0.25, 0.3) is 5.56 Å². The van der Waals surface area contributed by atoms with E-state index >= 15 is 0 Å². The maximum absolute atomic E-state index is 14.8. The third-order valence-corrected chi connectivity index (χ3v) is 10.5. The van der Waals surface area contributed by atoms with E-state index in [2.05, 4.69) is 126 Å². The molecule has 0 fully saturated rings. The second-order valence-electron chi connectivity index (χ2n) is 13.2. The molecule has 7 aromatic carbocycles. The van der Waals surface area contributed by atoms with E-state index in [9.17, 15) is 4.79 Å². The van der Waals surface area contributed by atoms with E-state index in [-0.39, 0.29) is 5.56 Å². The number of hydrogen-bond acceptors (Lipinski definition) is 1. The highest BCUT2D eigenvalue weighted by Gasteiger charge is 2.27. The number of benzene rings is 7. The summed E-state index contributed by atoms with van der Waals surface area (Å²) in [7, 11) is 0. The first-order chi connectivity index (χ1) is 24.7. The van der Waals surface area contributed by atoms with Gasteiger partial charge in [0.2, 0.25) is 0 Å². The van der Waals surface area contributed by atoms with Crippen molar-refractivity contribution in [2.45, 2.75) is 12.3 Å². The first-order valence-electron chi connectivity index (χ1n) is 17.2. The summed E-state index contributed by atoms with van der Waals surface area (Å²) < 4.78 is 4.01. The maximum Gasteiger partial charge on any atom is 0.280 e. The molecule has 3 nitrogen and oxygen atoms in total. The molecular formula is C47H32N2O. The van der Waals surface area contributed by atoms with Crippen LogP contribution < -0.4 is 5.56 Å². The fourth-order valence-electron chi connectivity index (χ4n) is 8.27. The standard InChI is InChI=1S/C47H32N2O/c50-47-46-45(39-22-12-13-23-43(39)49(47)36-19-8-3-9-20-36)42-29-33(25-27-44(42)48(46)35-17-6-2-7-18-35)32-24-26-38-40(31-14-4-1-5-15-31)30-34-16-10-11-21-37(34)41(38)28-32/h1-29,40H,30H2.